The molecule has 0 aromatic heterocycles. The van der Waals surface area contributed by atoms with Gasteiger partial charge in [-0.05, 0) is 70.6 Å². The van der Waals surface area contributed by atoms with E-state index in [2.05, 4.69) is 50.3 Å². The van der Waals surface area contributed by atoms with E-state index >= 15 is 0 Å². The van der Waals surface area contributed by atoms with Crippen LogP contribution in [0, 0.1) is 0 Å². The Bertz CT molecular complexity index is 1210. The van der Waals surface area contributed by atoms with Gasteiger partial charge >= 0.3 is 11.9 Å². The topological polar surface area (TPSA) is 72.8 Å². The fraction of sp³-hybridized carbons (Fsp3) is 0.887. The van der Waals surface area contributed by atoms with Crippen LogP contribution in [0.2, 0.25) is 0 Å². The van der Waals surface area contributed by atoms with E-state index in [-0.39, 0.29) is 25.2 Å². The molecule has 1 N–H and O–H groups in total. The largest absolute Gasteiger partial charge is 0.462 e. The molecule has 448 valence electrons. The molecule has 76 heavy (non-hydrogen) atoms. The summed E-state index contributed by atoms with van der Waals surface area (Å²) in [6.07, 6.45) is 89.0. The molecule has 1 unspecified atom stereocenters. The van der Waals surface area contributed by atoms with Gasteiger partial charge in [-0.2, -0.15) is 0 Å². The van der Waals surface area contributed by atoms with E-state index in [0.717, 1.165) is 44.9 Å². The maximum absolute atomic E-state index is 12.3. The highest BCUT2D eigenvalue weighted by Gasteiger charge is 2.16. The third-order valence-corrected chi connectivity index (χ3v) is 15.9. The number of allylic oxidation sites excluding steroid dienone is 6. The van der Waals surface area contributed by atoms with Crippen LogP contribution in [0.5, 0.6) is 0 Å². The summed E-state index contributed by atoms with van der Waals surface area (Å²) in [7, 11) is 0. The minimum atomic E-state index is -0.770. The molecule has 5 heteroatoms. The van der Waals surface area contributed by atoms with Crippen LogP contribution in [0.15, 0.2) is 36.5 Å². The first-order valence-corrected chi connectivity index (χ1v) is 34.5. The molecule has 0 fully saturated rings. The summed E-state index contributed by atoms with van der Waals surface area (Å²) in [4.78, 5) is 24.6. The molecule has 0 saturated carbocycles. The molecule has 0 spiro atoms. The lowest BCUT2D eigenvalue weighted by Crippen LogP contribution is -2.28. The van der Waals surface area contributed by atoms with Crippen molar-refractivity contribution in [1.82, 2.24) is 0 Å². The van der Waals surface area contributed by atoms with E-state index in [1.54, 1.807) is 0 Å². The van der Waals surface area contributed by atoms with Crippen LogP contribution in [0.4, 0.5) is 0 Å². The van der Waals surface area contributed by atoms with Crippen molar-refractivity contribution in [3.05, 3.63) is 36.5 Å². The Labute approximate surface area is 476 Å². The van der Waals surface area contributed by atoms with Crippen LogP contribution in [-0.2, 0) is 19.1 Å². The smallest absolute Gasteiger partial charge is 0.306 e. The summed E-state index contributed by atoms with van der Waals surface area (Å²) in [5.74, 6) is -0.571. The molecule has 0 bridgehead atoms. The number of aliphatic hydroxyl groups excluding tert-OH is 1. The highest BCUT2D eigenvalue weighted by molar-refractivity contribution is 5.70. The monoisotopic (exact) mass is 1070 g/mol. The normalized spacial score (nSPS) is 12.3. The molecular weight excluding hydrogens is 933 g/mol. The molecule has 0 aliphatic heterocycles. The standard InChI is InChI=1S/C71H134O5/c1-3-5-7-9-11-13-15-17-19-21-23-25-26-27-28-29-30-31-32-33-34-35-36-37-38-39-40-41-42-43-44-46-48-50-52-54-56-58-60-62-64-66-71(74)76-69(67-72)68-75-70(73)65-63-61-59-57-55-53-51-49-47-45-24-22-20-18-16-14-12-10-8-6-4-2/h15,17,21-24,69,72H,3-14,16,18-20,25-68H2,1-2H3/b17-15-,23-21-,24-22-. The van der Waals surface area contributed by atoms with E-state index < -0.39 is 6.10 Å². The van der Waals surface area contributed by atoms with Crippen molar-refractivity contribution >= 4 is 11.9 Å². The van der Waals surface area contributed by atoms with Gasteiger partial charge in [0.05, 0.1) is 6.61 Å². The van der Waals surface area contributed by atoms with Crippen LogP contribution in [0.1, 0.15) is 386 Å². The number of esters is 2. The lowest BCUT2D eigenvalue weighted by molar-refractivity contribution is -0.161. The van der Waals surface area contributed by atoms with E-state index in [1.807, 2.05) is 0 Å². The van der Waals surface area contributed by atoms with Gasteiger partial charge in [0.25, 0.3) is 0 Å². The highest BCUT2D eigenvalue weighted by atomic mass is 16.6. The molecule has 0 radical (unpaired) electrons. The van der Waals surface area contributed by atoms with Gasteiger partial charge in [-0.1, -0.05) is 339 Å². The Morgan fingerprint density at radius 2 is 0.526 bits per heavy atom. The van der Waals surface area contributed by atoms with Crippen LogP contribution in [0.3, 0.4) is 0 Å². The Kier molecular flexibility index (Phi) is 65.7. The molecule has 0 heterocycles. The van der Waals surface area contributed by atoms with Gasteiger partial charge in [0.2, 0.25) is 0 Å². The fourth-order valence-electron chi connectivity index (χ4n) is 10.7. The van der Waals surface area contributed by atoms with Gasteiger partial charge in [0.15, 0.2) is 6.10 Å². The summed E-state index contributed by atoms with van der Waals surface area (Å²) in [6.45, 7) is 4.18. The quantitative estimate of drug-likeness (QED) is 0.0373. The minimum absolute atomic E-state index is 0.0610. The molecule has 0 aromatic carbocycles. The third-order valence-electron chi connectivity index (χ3n) is 15.9. The van der Waals surface area contributed by atoms with Gasteiger partial charge in [-0.15, -0.1) is 0 Å². The number of hydrogen-bond acceptors (Lipinski definition) is 5. The summed E-state index contributed by atoms with van der Waals surface area (Å²) in [5, 5.41) is 9.68. The first-order valence-electron chi connectivity index (χ1n) is 34.5. The number of carbonyl (C=O) groups is 2. The van der Waals surface area contributed by atoms with Crippen molar-refractivity contribution in [2.45, 2.75) is 392 Å². The van der Waals surface area contributed by atoms with Crippen molar-refractivity contribution in [3.8, 4) is 0 Å². The Morgan fingerprint density at radius 1 is 0.303 bits per heavy atom. The van der Waals surface area contributed by atoms with Gasteiger partial charge in [-0.3, -0.25) is 9.59 Å². The maximum Gasteiger partial charge on any atom is 0.306 e. The van der Waals surface area contributed by atoms with Crippen molar-refractivity contribution < 1.29 is 24.2 Å². The van der Waals surface area contributed by atoms with Gasteiger partial charge in [-0.25, -0.2) is 0 Å². The Balaban J connectivity index is 3.36. The molecular formula is C71H134O5. The second-order valence-corrected chi connectivity index (χ2v) is 23.6. The molecule has 0 aliphatic carbocycles. The van der Waals surface area contributed by atoms with Crippen LogP contribution in [0.25, 0.3) is 0 Å². The highest BCUT2D eigenvalue weighted by Crippen LogP contribution is 2.19. The van der Waals surface area contributed by atoms with Crippen molar-refractivity contribution in [2.75, 3.05) is 13.2 Å². The molecule has 0 rings (SSSR count). The molecule has 0 saturated heterocycles. The minimum Gasteiger partial charge on any atom is -0.462 e. The Morgan fingerprint density at radius 3 is 0.789 bits per heavy atom. The zero-order chi connectivity index (χ0) is 54.8. The maximum atomic E-state index is 12.3. The van der Waals surface area contributed by atoms with Crippen LogP contribution >= 0.6 is 0 Å². The first kappa shape index (κ1) is 74.1. The van der Waals surface area contributed by atoms with E-state index in [9.17, 15) is 14.7 Å². The average Bonchev–Trinajstić information content (AvgIpc) is 3.42. The molecule has 1 atom stereocenters. The predicted molar refractivity (Wildman–Crippen MR) is 334 cm³/mol. The number of unbranched alkanes of at least 4 members (excludes halogenated alkanes) is 51. The van der Waals surface area contributed by atoms with Crippen LogP contribution in [-0.4, -0.2) is 36.4 Å². The third kappa shape index (κ3) is 64.6. The SMILES string of the molecule is CCCCCCC/C=C\C/C=C\CCCCCCCCCCCCCCCCCCCCCCCCCCCCCCCC(=O)OC(CO)COC(=O)CCCCCCCCCCC/C=C\CCCCCCCCCC. The van der Waals surface area contributed by atoms with Crippen molar-refractivity contribution in [1.29, 1.82) is 0 Å². The number of hydrogen-bond donors (Lipinski definition) is 1. The number of carbonyl (C=O) groups excluding carboxylic acids is 2. The van der Waals surface area contributed by atoms with E-state index in [0.29, 0.717) is 12.8 Å². The van der Waals surface area contributed by atoms with Gasteiger partial charge in [0, 0.05) is 12.8 Å². The van der Waals surface area contributed by atoms with E-state index in [1.165, 1.54) is 315 Å². The molecule has 5 nitrogen and oxygen atoms in total. The fourth-order valence-corrected chi connectivity index (χ4v) is 10.7. The molecule has 0 aliphatic rings. The number of ether oxygens (including phenoxy) is 2. The second-order valence-electron chi connectivity index (χ2n) is 23.6. The number of rotatable bonds is 65. The summed E-state index contributed by atoms with van der Waals surface area (Å²) in [6, 6.07) is 0. The van der Waals surface area contributed by atoms with Crippen molar-refractivity contribution in [2.24, 2.45) is 0 Å². The summed E-state index contributed by atoms with van der Waals surface area (Å²) < 4.78 is 10.7. The lowest BCUT2D eigenvalue weighted by Gasteiger charge is -2.15. The molecule has 0 amide bonds. The zero-order valence-electron chi connectivity index (χ0n) is 51.5. The van der Waals surface area contributed by atoms with Crippen molar-refractivity contribution in [3.63, 3.8) is 0 Å². The van der Waals surface area contributed by atoms with Gasteiger partial charge in [0.1, 0.15) is 6.61 Å². The zero-order valence-corrected chi connectivity index (χ0v) is 51.5. The van der Waals surface area contributed by atoms with Gasteiger partial charge < -0.3 is 14.6 Å². The van der Waals surface area contributed by atoms with E-state index in [4.69, 9.17) is 9.47 Å². The second kappa shape index (κ2) is 67.4. The first-order chi connectivity index (χ1) is 37.6. The van der Waals surface area contributed by atoms with Crippen LogP contribution < -0.4 is 0 Å². The number of aliphatic hydroxyl groups is 1. The average molecular weight is 1070 g/mol. The predicted octanol–water partition coefficient (Wildman–Crippen LogP) is 23.8. The summed E-state index contributed by atoms with van der Waals surface area (Å²) in [5.41, 5.74) is 0. The molecule has 0 aromatic rings. The lowest BCUT2D eigenvalue weighted by atomic mass is 10.0. The Hall–Kier alpha value is -1.88. The summed E-state index contributed by atoms with van der Waals surface area (Å²) >= 11 is 0.